The lowest BCUT2D eigenvalue weighted by Crippen LogP contribution is -2.47. The lowest BCUT2D eigenvalue weighted by Gasteiger charge is -2.36. The van der Waals surface area contributed by atoms with Gasteiger partial charge in [-0.1, -0.05) is 11.6 Å². The summed E-state index contributed by atoms with van der Waals surface area (Å²) in [7, 11) is 1.74. The molecule has 1 aromatic heterocycles. The Morgan fingerprint density at radius 1 is 1.29 bits per heavy atom. The molecule has 0 atom stereocenters. The van der Waals surface area contributed by atoms with Gasteiger partial charge in [-0.15, -0.1) is 0 Å². The lowest BCUT2D eigenvalue weighted by atomic mass is 10.1. The topological polar surface area (TPSA) is 69.4 Å². The molecule has 0 unspecified atom stereocenters. The molecule has 1 aliphatic heterocycles. The zero-order valence-electron chi connectivity index (χ0n) is 16.2. The minimum absolute atomic E-state index is 0.549. The van der Waals surface area contributed by atoms with Gasteiger partial charge in [-0.2, -0.15) is 5.10 Å². The van der Waals surface area contributed by atoms with Crippen LogP contribution >= 0.6 is 11.6 Å². The minimum Gasteiger partial charge on any atom is -0.383 e. The molecule has 2 N–H and O–H groups in total. The van der Waals surface area contributed by atoms with Gasteiger partial charge in [-0.05, 0) is 25.0 Å². The van der Waals surface area contributed by atoms with Gasteiger partial charge in [0.1, 0.15) is 0 Å². The number of halogens is 1. The second-order valence-corrected chi connectivity index (χ2v) is 7.83. The van der Waals surface area contributed by atoms with Crippen molar-refractivity contribution >= 4 is 34.9 Å². The van der Waals surface area contributed by atoms with Gasteiger partial charge in [0.2, 0.25) is 0 Å². The third-order valence-corrected chi connectivity index (χ3v) is 5.70. The highest BCUT2D eigenvalue weighted by atomic mass is 35.5. The number of hydrogen-bond donors (Lipinski definition) is 2. The van der Waals surface area contributed by atoms with Crippen molar-refractivity contribution in [1.29, 1.82) is 5.41 Å². The average molecular weight is 403 g/mol. The predicted octanol–water partition coefficient (Wildman–Crippen LogP) is 3.38. The van der Waals surface area contributed by atoms with E-state index in [9.17, 15) is 0 Å². The first-order valence-corrected chi connectivity index (χ1v) is 10.2. The second kappa shape index (κ2) is 8.51. The smallest absolute Gasteiger partial charge is 0.0770 e. The van der Waals surface area contributed by atoms with Crippen LogP contribution in [0.2, 0.25) is 5.02 Å². The Morgan fingerprint density at radius 3 is 2.75 bits per heavy atom. The quantitative estimate of drug-likeness (QED) is 0.662. The van der Waals surface area contributed by atoms with E-state index in [0.717, 1.165) is 62.0 Å². The van der Waals surface area contributed by atoms with E-state index in [1.807, 2.05) is 23.1 Å². The summed E-state index contributed by atoms with van der Waals surface area (Å²) in [5.74, 6) is 0. The normalized spacial score (nSPS) is 17.7. The van der Waals surface area contributed by atoms with Crippen LogP contribution in [0.25, 0.3) is 0 Å². The Labute approximate surface area is 170 Å². The van der Waals surface area contributed by atoms with Crippen molar-refractivity contribution in [3.05, 3.63) is 35.1 Å². The largest absolute Gasteiger partial charge is 0.383 e. The SMILES string of the molecule is COCCN1CCN(c2cc(Nc3cnn(C4CC4)c3)c(C=N)cc2Cl)CC1. The van der Waals surface area contributed by atoms with Gasteiger partial charge in [0.15, 0.2) is 0 Å². The molecule has 1 aromatic carbocycles. The standard InChI is InChI=1S/C20H27ClN6O/c1-28-9-8-25-4-6-26(7-5-25)20-11-19(15(12-22)10-18(20)21)24-16-13-23-27(14-16)17-2-3-17/h10-14,17,22,24H,2-9H2,1H3. The Kier molecular flexibility index (Phi) is 5.85. The lowest BCUT2D eigenvalue weighted by molar-refractivity contribution is 0.144. The molecule has 28 heavy (non-hydrogen) atoms. The highest BCUT2D eigenvalue weighted by Crippen LogP contribution is 2.36. The number of rotatable bonds is 8. The van der Waals surface area contributed by atoms with Gasteiger partial charge in [0.05, 0.1) is 35.2 Å². The van der Waals surface area contributed by atoms with Crippen LogP contribution in [-0.4, -0.2) is 67.3 Å². The molecule has 2 aromatic rings. The Bertz CT molecular complexity index is 826. The van der Waals surface area contributed by atoms with Crippen molar-refractivity contribution in [2.45, 2.75) is 18.9 Å². The number of benzene rings is 1. The maximum atomic E-state index is 7.76. The first-order valence-electron chi connectivity index (χ1n) is 9.79. The van der Waals surface area contributed by atoms with E-state index in [-0.39, 0.29) is 0 Å². The summed E-state index contributed by atoms with van der Waals surface area (Å²) < 4.78 is 7.20. The number of aromatic nitrogens is 2. The maximum absolute atomic E-state index is 7.76. The monoisotopic (exact) mass is 402 g/mol. The van der Waals surface area contributed by atoms with E-state index in [2.05, 4.69) is 26.3 Å². The summed E-state index contributed by atoms with van der Waals surface area (Å²) in [6.07, 6.45) is 7.62. The van der Waals surface area contributed by atoms with E-state index >= 15 is 0 Å². The number of nitrogens with one attached hydrogen (secondary N) is 2. The van der Waals surface area contributed by atoms with Gasteiger partial charge in [0.25, 0.3) is 0 Å². The van der Waals surface area contributed by atoms with Crippen molar-refractivity contribution < 1.29 is 4.74 Å². The van der Waals surface area contributed by atoms with Gasteiger partial charge in [-0.25, -0.2) is 0 Å². The summed E-state index contributed by atoms with van der Waals surface area (Å²) in [5, 5.41) is 16.3. The van der Waals surface area contributed by atoms with Crippen molar-refractivity contribution in [1.82, 2.24) is 14.7 Å². The summed E-state index contributed by atoms with van der Waals surface area (Å²) in [5.41, 5.74) is 3.60. The molecular formula is C20H27ClN6O. The molecule has 2 aliphatic rings. The molecule has 150 valence electrons. The molecule has 0 spiro atoms. The van der Waals surface area contributed by atoms with E-state index in [0.29, 0.717) is 11.1 Å². The highest BCUT2D eigenvalue weighted by Gasteiger charge is 2.24. The molecule has 0 amide bonds. The summed E-state index contributed by atoms with van der Waals surface area (Å²) in [6, 6.07) is 4.48. The molecule has 1 aliphatic carbocycles. The van der Waals surface area contributed by atoms with Crippen molar-refractivity contribution in [3.63, 3.8) is 0 Å². The second-order valence-electron chi connectivity index (χ2n) is 7.42. The molecule has 1 saturated heterocycles. The predicted molar refractivity (Wildman–Crippen MR) is 114 cm³/mol. The van der Waals surface area contributed by atoms with Crippen LogP contribution in [0.3, 0.4) is 0 Å². The number of anilines is 3. The van der Waals surface area contributed by atoms with E-state index in [1.165, 1.54) is 19.1 Å². The van der Waals surface area contributed by atoms with Gasteiger partial charge >= 0.3 is 0 Å². The fraction of sp³-hybridized carbons (Fsp3) is 0.500. The van der Waals surface area contributed by atoms with Crippen LogP contribution in [-0.2, 0) is 4.74 Å². The molecule has 8 heteroatoms. The first kappa shape index (κ1) is 19.2. The van der Waals surface area contributed by atoms with Gasteiger partial charge < -0.3 is 20.4 Å². The number of ether oxygens (including phenoxy) is 1. The first-order chi connectivity index (χ1) is 13.7. The zero-order valence-corrected chi connectivity index (χ0v) is 17.0. The molecule has 7 nitrogen and oxygen atoms in total. The van der Waals surface area contributed by atoms with Crippen LogP contribution < -0.4 is 10.2 Å². The molecule has 1 saturated carbocycles. The van der Waals surface area contributed by atoms with E-state index in [4.69, 9.17) is 21.7 Å². The highest BCUT2D eigenvalue weighted by molar-refractivity contribution is 6.33. The summed E-state index contributed by atoms with van der Waals surface area (Å²) >= 11 is 6.57. The van der Waals surface area contributed by atoms with Crippen LogP contribution in [0.1, 0.15) is 24.4 Å². The minimum atomic E-state index is 0.549. The molecule has 2 heterocycles. The van der Waals surface area contributed by atoms with E-state index in [1.54, 1.807) is 7.11 Å². The van der Waals surface area contributed by atoms with Crippen LogP contribution in [0.5, 0.6) is 0 Å². The number of nitrogens with zero attached hydrogens (tertiary/aromatic N) is 4. The van der Waals surface area contributed by atoms with Gasteiger partial charge in [0, 0.05) is 63.5 Å². The molecule has 2 fully saturated rings. The van der Waals surface area contributed by atoms with Crippen molar-refractivity contribution in [3.8, 4) is 0 Å². The molecule has 4 rings (SSSR count). The fourth-order valence-electron chi connectivity index (χ4n) is 3.58. The Morgan fingerprint density at radius 2 is 2.07 bits per heavy atom. The Hall–Kier alpha value is -2.09. The Balaban J connectivity index is 1.50. The number of hydrogen-bond acceptors (Lipinski definition) is 6. The van der Waals surface area contributed by atoms with E-state index < -0.39 is 0 Å². The van der Waals surface area contributed by atoms with Gasteiger partial charge in [-0.3, -0.25) is 9.58 Å². The molecule has 0 bridgehead atoms. The fourth-order valence-corrected chi connectivity index (χ4v) is 3.87. The zero-order chi connectivity index (χ0) is 19.5. The van der Waals surface area contributed by atoms with Crippen LogP contribution in [0.4, 0.5) is 17.1 Å². The van der Waals surface area contributed by atoms with Crippen molar-refractivity contribution in [2.24, 2.45) is 0 Å². The average Bonchev–Trinajstić information content (AvgIpc) is 3.47. The number of methoxy groups -OCH3 is 1. The maximum Gasteiger partial charge on any atom is 0.0770 e. The van der Waals surface area contributed by atoms with Crippen LogP contribution in [0.15, 0.2) is 24.5 Å². The van der Waals surface area contributed by atoms with Crippen molar-refractivity contribution in [2.75, 3.05) is 56.7 Å². The number of piperazine rings is 1. The molecular weight excluding hydrogens is 376 g/mol. The third-order valence-electron chi connectivity index (χ3n) is 5.40. The summed E-state index contributed by atoms with van der Waals surface area (Å²) in [6.45, 7) is 5.55. The van der Waals surface area contributed by atoms with Crippen LogP contribution in [0, 0.1) is 5.41 Å². The third kappa shape index (κ3) is 4.32. The summed E-state index contributed by atoms with van der Waals surface area (Å²) in [4.78, 5) is 4.73. The molecule has 0 radical (unpaired) electrons.